The van der Waals surface area contributed by atoms with Gasteiger partial charge in [0.15, 0.2) is 0 Å². The molecule has 0 spiro atoms. The summed E-state index contributed by atoms with van der Waals surface area (Å²) in [4.78, 5) is 28.3. The Labute approximate surface area is 328 Å². The Hall–Kier alpha value is -1.48. The Bertz CT molecular complexity index is 1340. The van der Waals surface area contributed by atoms with Gasteiger partial charge in [-0.05, 0) is 115 Å². The molecule has 4 saturated heterocycles. The highest BCUT2D eigenvalue weighted by molar-refractivity contribution is 5.89. The molecule has 4 heterocycles. The quantitative estimate of drug-likeness (QED) is 0.120. The van der Waals surface area contributed by atoms with Gasteiger partial charge >= 0.3 is 5.97 Å². The molecule has 10 N–H and O–H groups in total. The van der Waals surface area contributed by atoms with Crippen LogP contribution in [0, 0.1) is 47.3 Å². The molecule has 3 aliphatic carbocycles. The number of carbonyl (C=O) groups is 2. The number of esters is 1. The number of hydrogen-bond acceptors (Lipinski definition) is 11. The zero-order chi connectivity index (χ0) is 38.9. The molecule has 0 radical (unpaired) electrons. The number of aliphatic hydroxyl groups excluding tert-OH is 3. The number of carbonyl (C=O) groups excluding carboxylic acids is 2. The topological polar surface area (TPSA) is 203 Å². The van der Waals surface area contributed by atoms with Crippen molar-refractivity contribution in [3.63, 3.8) is 0 Å². The van der Waals surface area contributed by atoms with E-state index >= 15 is 0 Å². The van der Waals surface area contributed by atoms with Crippen LogP contribution in [0.1, 0.15) is 123 Å². The lowest BCUT2D eigenvalue weighted by Gasteiger charge is -2.60. The smallest absolute Gasteiger partial charge is 0.334 e. The summed E-state index contributed by atoms with van der Waals surface area (Å²) in [5.41, 5.74) is 12.7. The van der Waals surface area contributed by atoms with Gasteiger partial charge in [0.2, 0.25) is 0 Å². The highest BCUT2D eigenvalue weighted by atomic mass is 16.6. The molecule has 55 heavy (non-hydrogen) atoms. The van der Waals surface area contributed by atoms with Crippen molar-refractivity contribution in [2.24, 2.45) is 58.8 Å². The van der Waals surface area contributed by atoms with Crippen LogP contribution in [-0.4, -0.2) is 101 Å². The molecule has 12 heteroatoms. The molecule has 0 aromatic carbocycles. The first-order valence-corrected chi connectivity index (χ1v) is 22.3. The molecule has 0 aromatic rings. The Kier molecular flexibility index (Phi) is 13.8. The Morgan fingerprint density at radius 2 is 1.84 bits per heavy atom. The maximum atomic E-state index is 14.1. The van der Waals surface area contributed by atoms with Gasteiger partial charge in [-0.15, -0.1) is 0 Å². The van der Waals surface area contributed by atoms with Crippen LogP contribution in [0.3, 0.4) is 0 Å². The van der Waals surface area contributed by atoms with E-state index in [4.69, 9.17) is 25.7 Å². The molecule has 0 aromatic heterocycles. The summed E-state index contributed by atoms with van der Waals surface area (Å²) in [6, 6.07) is 0. The lowest BCUT2D eigenvalue weighted by molar-refractivity contribution is -0.703. The van der Waals surface area contributed by atoms with E-state index in [-0.39, 0.29) is 66.9 Å². The van der Waals surface area contributed by atoms with Gasteiger partial charge in [-0.25, -0.2) is 4.79 Å². The number of nitrogens with one attached hydrogen (secondary N) is 1. The van der Waals surface area contributed by atoms with Crippen molar-refractivity contribution in [1.82, 2.24) is 5.32 Å². The molecule has 4 aliphatic heterocycles. The summed E-state index contributed by atoms with van der Waals surface area (Å²) in [7, 11) is 0. The number of quaternary nitrogens is 1. The summed E-state index contributed by atoms with van der Waals surface area (Å²) in [6.07, 6.45) is 12.6. The number of fused-ring (bicyclic) bond motifs is 2. The van der Waals surface area contributed by atoms with Crippen LogP contribution >= 0.6 is 0 Å². The van der Waals surface area contributed by atoms with Gasteiger partial charge < -0.3 is 45.9 Å². The zero-order valence-electron chi connectivity index (χ0n) is 33.6. The van der Waals surface area contributed by atoms with Crippen molar-refractivity contribution < 1.29 is 44.4 Å². The SMILES string of the molecule is CC=C(C(=O)OC1CC2C(O)C3C(=O)CC(CO)OC3C(C(CC3CCCC(O)C3)C3CCNC(N)C3)C2OC1(C)CCC1CCC(N)[NH2+]C1)C1CCCC1. The number of nitrogens with two attached hydrogens (primary N) is 3. The van der Waals surface area contributed by atoms with Crippen LogP contribution in [0.5, 0.6) is 0 Å². The predicted molar refractivity (Wildman–Crippen MR) is 207 cm³/mol. The summed E-state index contributed by atoms with van der Waals surface area (Å²) < 4.78 is 20.9. The Morgan fingerprint density at radius 3 is 2.53 bits per heavy atom. The number of rotatable bonds is 11. The second-order valence-electron chi connectivity index (χ2n) is 19.1. The molecule has 0 amide bonds. The molecule has 0 bridgehead atoms. The molecule has 16 unspecified atom stereocenters. The second kappa shape index (κ2) is 18.2. The second-order valence-corrected chi connectivity index (χ2v) is 19.1. The molecule has 3 saturated carbocycles. The van der Waals surface area contributed by atoms with E-state index in [0.717, 1.165) is 109 Å². The number of piperidine rings is 2. The van der Waals surface area contributed by atoms with Crippen molar-refractivity contribution in [2.75, 3.05) is 19.7 Å². The molecule has 7 aliphatic rings. The number of ether oxygens (including phenoxy) is 3. The van der Waals surface area contributed by atoms with Gasteiger partial charge in [0.1, 0.15) is 23.7 Å². The highest BCUT2D eigenvalue weighted by Gasteiger charge is 2.63. The first-order valence-electron chi connectivity index (χ1n) is 22.3. The maximum Gasteiger partial charge on any atom is 0.334 e. The van der Waals surface area contributed by atoms with Crippen LogP contribution in [-0.2, 0) is 23.8 Å². The fraction of sp³-hybridized carbons (Fsp3) is 0.907. The normalized spacial score (nSPS) is 45.1. The number of aliphatic hydroxyl groups is 3. The zero-order valence-corrected chi connectivity index (χ0v) is 33.6. The lowest BCUT2D eigenvalue weighted by Crippen LogP contribution is -2.95. The molecule has 312 valence electrons. The van der Waals surface area contributed by atoms with Crippen molar-refractivity contribution >= 4 is 11.8 Å². The third-order valence-electron chi connectivity index (χ3n) is 15.5. The van der Waals surface area contributed by atoms with Gasteiger partial charge in [0.25, 0.3) is 0 Å². The highest BCUT2D eigenvalue weighted by Crippen LogP contribution is 2.55. The molecule has 16 atom stereocenters. The van der Waals surface area contributed by atoms with Crippen molar-refractivity contribution in [2.45, 2.75) is 178 Å². The van der Waals surface area contributed by atoms with Crippen molar-refractivity contribution in [3.8, 4) is 0 Å². The van der Waals surface area contributed by atoms with Crippen molar-refractivity contribution in [3.05, 3.63) is 11.6 Å². The van der Waals surface area contributed by atoms with Gasteiger partial charge in [-0.3, -0.25) is 10.5 Å². The van der Waals surface area contributed by atoms with Gasteiger partial charge in [0, 0.05) is 36.2 Å². The van der Waals surface area contributed by atoms with E-state index in [2.05, 4.69) is 17.6 Å². The van der Waals surface area contributed by atoms with Crippen molar-refractivity contribution in [1.29, 1.82) is 0 Å². The largest absolute Gasteiger partial charge is 0.456 e. The van der Waals surface area contributed by atoms with Gasteiger partial charge in [-0.2, -0.15) is 0 Å². The minimum absolute atomic E-state index is 0.0518. The van der Waals surface area contributed by atoms with E-state index < -0.39 is 48.0 Å². The average molecular weight is 774 g/mol. The standard InChI is InChI=1S/C43H72N4O8/c1-3-30(26-8-4-5-9-26)42(52)54-34-21-32-39(51)38-33(50)20-29(23-48)53-41(38)37(40(32)55-43(34,2)15-13-24-11-12-35(44)47-22-24)31(27-14-16-46-36(45)19-27)18-25-7-6-10-28(49)17-25/h3,24-29,31-32,34-41,46-49,51H,4-23,44-45H2,1-2H3/p+1. The molecule has 7 rings (SSSR count). The number of ketones is 1. The Morgan fingerprint density at radius 1 is 1.04 bits per heavy atom. The fourth-order valence-electron chi connectivity index (χ4n) is 12.5. The van der Waals surface area contributed by atoms with Gasteiger partial charge in [0.05, 0.1) is 55.8 Å². The summed E-state index contributed by atoms with van der Waals surface area (Å²) in [5, 5.41) is 39.2. The van der Waals surface area contributed by atoms with Crippen LogP contribution in [0.25, 0.3) is 0 Å². The summed E-state index contributed by atoms with van der Waals surface area (Å²) in [5.74, 6) is -0.598. The third kappa shape index (κ3) is 9.23. The third-order valence-corrected chi connectivity index (χ3v) is 15.5. The molecule has 12 nitrogen and oxygen atoms in total. The molecular weight excluding hydrogens is 700 g/mol. The molecule has 7 fully saturated rings. The van der Waals surface area contributed by atoms with E-state index in [1.54, 1.807) is 0 Å². The predicted octanol–water partition coefficient (Wildman–Crippen LogP) is 2.40. The number of Topliss-reactive ketones (excluding diaryl/α,β-unsaturated/α-hetero) is 1. The minimum Gasteiger partial charge on any atom is -0.456 e. The Balaban J connectivity index is 1.26. The van der Waals surface area contributed by atoms with Crippen LogP contribution < -0.4 is 22.1 Å². The first-order chi connectivity index (χ1) is 26.5. The first kappa shape index (κ1) is 41.7. The van der Waals surface area contributed by atoms with E-state index in [0.29, 0.717) is 24.7 Å². The van der Waals surface area contributed by atoms with E-state index in [1.807, 2.05) is 13.0 Å². The number of allylic oxidation sites excluding steroid dienone is 1. The summed E-state index contributed by atoms with van der Waals surface area (Å²) >= 11 is 0. The maximum absolute atomic E-state index is 14.1. The molecular formula is C43H73N4O8+. The summed E-state index contributed by atoms with van der Waals surface area (Å²) in [6.45, 7) is 5.51. The van der Waals surface area contributed by atoms with E-state index in [9.17, 15) is 24.9 Å². The monoisotopic (exact) mass is 774 g/mol. The van der Waals surface area contributed by atoms with Gasteiger partial charge in [-0.1, -0.05) is 31.8 Å². The van der Waals surface area contributed by atoms with Crippen LogP contribution in [0.15, 0.2) is 11.6 Å². The fourth-order valence-corrected chi connectivity index (χ4v) is 12.5. The van der Waals surface area contributed by atoms with Crippen LogP contribution in [0.4, 0.5) is 0 Å². The minimum atomic E-state index is -1.04. The average Bonchev–Trinajstić information content (AvgIpc) is 3.69. The number of hydrogen-bond donors (Lipinski definition) is 7. The van der Waals surface area contributed by atoms with Crippen LogP contribution in [0.2, 0.25) is 0 Å². The van der Waals surface area contributed by atoms with E-state index in [1.165, 1.54) is 0 Å². The lowest BCUT2D eigenvalue weighted by atomic mass is 9.56.